The van der Waals surface area contributed by atoms with Crippen LogP contribution in [0.3, 0.4) is 0 Å². The zero-order chi connectivity index (χ0) is 24.4. The Hall–Kier alpha value is -3.12. The number of carbonyl (C=O) groups is 2. The zero-order valence-electron chi connectivity index (χ0n) is 18.2. The van der Waals surface area contributed by atoms with Gasteiger partial charge in [-0.15, -0.1) is 0 Å². The molecule has 0 saturated carbocycles. The third kappa shape index (κ3) is 8.39. The van der Waals surface area contributed by atoms with Gasteiger partial charge in [-0.05, 0) is 55.2 Å². The first-order valence-electron chi connectivity index (χ1n) is 10.1. The van der Waals surface area contributed by atoms with E-state index in [-0.39, 0.29) is 17.0 Å². The Morgan fingerprint density at radius 2 is 1.79 bits per heavy atom. The number of nitro benzene ring substituents is 1. The van der Waals surface area contributed by atoms with E-state index in [2.05, 4.69) is 15.4 Å². The van der Waals surface area contributed by atoms with Gasteiger partial charge >= 0.3 is 0 Å². The molecule has 0 aromatic heterocycles. The fraction of sp³-hybridized carbons (Fsp3) is 0.333. The van der Waals surface area contributed by atoms with Crippen LogP contribution in [0.1, 0.15) is 30.1 Å². The van der Waals surface area contributed by atoms with Crippen molar-refractivity contribution < 1.29 is 22.9 Å². The SMILES string of the molecule is CCCS(=O)(=O)Nc1ccc(NC(=O)C(CCSC)NC(=O)c2cccc([N+](=O)[O-])c2)cc1. The van der Waals surface area contributed by atoms with Gasteiger partial charge in [-0.1, -0.05) is 13.0 Å². The smallest absolute Gasteiger partial charge is 0.270 e. The summed E-state index contributed by atoms with van der Waals surface area (Å²) in [5.41, 5.74) is 0.661. The summed E-state index contributed by atoms with van der Waals surface area (Å²) in [5, 5.41) is 16.3. The third-order valence-corrected chi connectivity index (χ3v) is 6.59. The lowest BCUT2D eigenvalue weighted by Crippen LogP contribution is -2.44. The van der Waals surface area contributed by atoms with Gasteiger partial charge in [-0.25, -0.2) is 8.42 Å². The zero-order valence-corrected chi connectivity index (χ0v) is 19.9. The number of hydrogen-bond acceptors (Lipinski definition) is 7. The van der Waals surface area contributed by atoms with Crippen LogP contribution in [0.25, 0.3) is 0 Å². The molecule has 0 bridgehead atoms. The quantitative estimate of drug-likeness (QED) is 0.303. The number of anilines is 2. The van der Waals surface area contributed by atoms with E-state index < -0.39 is 32.8 Å². The van der Waals surface area contributed by atoms with Crippen LogP contribution in [0.5, 0.6) is 0 Å². The summed E-state index contributed by atoms with van der Waals surface area (Å²) in [6, 6.07) is 10.6. The number of benzene rings is 2. The van der Waals surface area contributed by atoms with Crippen molar-refractivity contribution in [2.75, 3.05) is 27.8 Å². The number of rotatable bonds is 12. The van der Waals surface area contributed by atoms with Gasteiger partial charge in [0.15, 0.2) is 0 Å². The Morgan fingerprint density at radius 3 is 2.39 bits per heavy atom. The van der Waals surface area contributed by atoms with E-state index in [0.29, 0.717) is 30.0 Å². The van der Waals surface area contributed by atoms with Gasteiger partial charge in [-0.3, -0.25) is 24.4 Å². The second-order valence-electron chi connectivity index (χ2n) is 7.10. The van der Waals surface area contributed by atoms with E-state index in [1.165, 1.54) is 42.1 Å². The van der Waals surface area contributed by atoms with Gasteiger partial charge in [0, 0.05) is 29.1 Å². The van der Waals surface area contributed by atoms with E-state index >= 15 is 0 Å². The largest absolute Gasteiger partial charge is 0.340 e. The molecule has 1 atom stereocenters. The van der Waals surface area contributed by atoms with Crippen LogP contribution < -0.4 is 15.4 Å². The van der Waals surface area contributed by atoms with E-state index in [1.807, 2.05) is 6.26 Å². The Labute approximate surface area is 196 Å². The monoisotopic (exact) mass is 494 g/mol. The Bertz CT molecular complexity index is 1090. The van der Waals surface area contributed by atoms with Crippen molar-refractivity contribution in [3.8, 4) is 0 Å². The van der Waals surface area contributed by atoms with Gasteiger partial charge in [0.25, 0.3) is 11.6 Å². The van der Waals surface area contributed by atoms with Crippen molar-refractivity contribution in [1.82, 2.24) is 5.32 Å². The first-order valence-corrected chi connectivity index (χ1v) is 13.2. The van der Waals surface area contributed by atoms with Crippen LogP contribution in [-0.4, -0.2) is 49.0 Å². The molecule has 2 aromatic rings. The van der Waals surface area contributed by atoms with Gasteiger partial charge in [0.1, 0.15) is 6.04 Å². The molecule has 2 amide bonds. The van der Waals surface area contributed by atoms with Gasteiger partial charge < -0.3 is 10.6 Å². The lowest BCUT2D eigenvalue weighted by atomic mass is 10.1. The van der Waals surface area contributed by atoms with Crippen LogP contribution in [0.4, 0.5) is 17.1 Å². The van der Waals surface area contributed by atoms with Crippen molar-refractivity contribution in [2.24, 2.45) is 0 Å². The summed E-state index contributed by atoms with van der Waals surface area (Å²) in [7, 11) is -3.42. The minimum atomic E-state index is -3.42. The molecule has 0 aliphatic carbocycles. The van der Waals surface area contributed by atoms with Gasteiger partial charge in [0.2, 0.25) is 15.9 Å². The molecule has 0 aliphatic rings. The molecule has 178 valence electrons. The van der Waals surface area contributed by atoms with Crippen molar-refractivity contribution in [3.63, 3.8) is 0 Å². The molecule has 12 heteroatoms. The molecule has 33 heavy (non-hydrogen) atoms. The summed E-state index contributed by atoms with van der Waals surface area (Å²) < 4.78 is 26.2. The molecular formula is C21H26N4O6S2. The highest BCUT2D eigenvalue weighted by Crippen LogP contribution is 2.17. The molecule has 2 rings (SSSR count). The molecular weight excluding hydrogens is 468 g/mol. The lowest BCUT2D eigenvalue weighted by molar-refractivity contribution is -0.384. The minimum Gasteiger partial charge on any atom is -0.340 e. The number of amides is 2. The maximum atomic E-state index is 12.8. The van der Waals surface area contributed by atoms with Gasteiger partial charge in [-0.2, -0.15) is 11.8 Å². The minimum absolute atomic E-state index is 0.00682. The first-order chi connectivity index (χ1) is 15.6. The molecule has 1 unspecified atom stereocenters. The summed E-state index contributed by atoms with van der Waals surface area (Å²) in [6.07, 6.45) is 2.71. The Kier molecular flexibility index (Phi) is 9.67. The van der Waals surface area contributed by atoms with Crippen LogP contribution in [0.15, 0.2) is 48.5 Å². The van der Waals surface area contributed by atoms with Crippen molar-refractivity contribution >= 4 is 50.7 Å². The topological polar surface area (TPSA) is 148 Å². The molecule has 0 radical (unpaired) electrons. The van der Waals surface area contributed by atoms with Crippen LogP contribution in [-0.2, 0) is 14.8 Å². The van der Waals surface area contributed by atoms with E-state index in [1.54, 1.807) is 19.1 Å². The second kappa shape index (κ2) is 12.2. The maximum absolute atomic E-state index is 12.8. The van der Waals surface area contributed by atoms with Crippen LogP contribution in [0.2, 0.25) is 0 Å². The van der Waals surface area contributed by atoms with Crippen molar-refractivity contribution in [3.05, 3.63) is 64.2 Å². The first kappa shape index (κ1) is 26.1. The van der Waals surface area contributed by atoms with E-state index in [9.17, 15) is 28.1 Å². The maximum Gasteiger partial charge on any atom is 0.270 e. The summed E-state index contributed by atoms with van der Waals surface area (Å²) in [5.74, 6) is -0.444. The number of nitrogens with one attached hydrogen (secondary N) is 3. The van der Waals surface area contributed by atoms with E-state index in [0.717, 1.165) is 6.07 Å². The highest BCUT2D eigenvalue weighted by atomic mass is 32.2. The molecule has 0 spiro atoms. The Balaban J connectivity index is 2.08. The average molecular weight is 495 g/mol. The molecule has 0 heterocycles. The Morgan fingerprint density at radius 1 is 1.12 bits per heavy atom. The second-order valence-corrected chi connectivity index (χ2v) is 9.93. The molecule has 0 fully saturated rings. The number of carbonyl (C=O) groups excluding carboxylic acids is 2. The highest BCUT2D eigenvalue weighted by Gasteiger charge is 2.22. The normalized spacial score (nSPS) is 11.9. The molecule has 0 aliphatic heterocycles. The number of sulfonamides is 1. The number of hydrogen-bond donors (Lipinski definition) is 3. The molecule has 0 saturated heterocycles. The highest BCUT2D eigenvalue weighted by molar-refractivity contribution is 7.98. The average Bonchev–Trinajstić information content (AvgIpc) is 2.77. The molecule has 10 nitrogen and oxygen atoms in total. The third-order valence-electron chi connectivity index (χ3n) is 4.45. The number of nitro groups is 1. The summed E-state index contributed by atoms with van der Waals surface area (Å²) in [6.45, 7) is 1.77. The van der Waals surface area contributed by atoms with Crippen molar-refractivity contribution in [1.29, 1.82) is 0 Å². The van der Waals surface area contributed by atoms with Gasteiger partial charge in [0.05, 0.1) is 10.7 Å². The van der Waals surface area contributed by atoms with Crippen LogP contribution >= 0.6 is 11.8 Å². The summed E-state index contributed by atoms with van der Waals surface area (Å²) >= 11 is 1.51. The molecule has 3 N–H and O–H groups in total. The number of nitrogens with zero attached hydrogens (tertiary/aromatic N) is 1. The predicted octanol–water partition coefficient (Wildman–Crippen LogP) is 3.24. The fourth-order valence-corrected chi connectivity index (χ4v) is 4.46. The van der Waals surface area contributed by atoms with Crippen molar-refractivity contribution in [2.45, 2.75) is 25.8 Å². The summed E-state index contributed by atoms with van der Waals surface area (Å²) in [4.78, 5) is 35.8. The van der Waals surface area contributed by atoms with Crippen LogP contribution in [0, 0.1) is 10.1 Å². The number of thioether (sulfide) groups is 1. The lowest BCUT2D eigenvalue weighted by Gasteiger charge is -2.18. The predicted molar refractivity (Wildman–Crippen MR) is 130 cm³/mol. The fourth-order valence-electron chi connectivity index (χ4n) is 2.86. The molecule has 2 aromatic carbocycles. The van der Waals surface area contributed by atoms with E-state index in [4.69, 9.17) is 0 Å². The number of non-ortho nitro benzene ring substituents is 1. The standard InChI is InChI=1S/C21H26N4O6S2/c1-3-13-33(30,31)24-17-9-7-16(8-10-17)22-21(27)19(11-12-32-2)23-20(26)15-5-4-6-18(14-15)25(28)29/h4-10,14,19,24H,3,11-13H2,1-2H3,(H,22,27)(H,23,26).